The SMILES string of the molecule is CCCOc1ccc(C(F)(F)F)cc1NC(=O)C(C)NC(N)=O. The number of nitrogens with two attached hydrogens (primary N) is 1. The molecule has 0 saturated heterocycles. The highest BCUT2D eigenvalue weighted by molar-refractivity contribution is 5.97. The van der Waals surface area contributed by atoms with Crippen molar-refractivity contribution < 1.29 is 27.5 Å². The lowest BCUT2D eigenvalue weighted by Gasteiger charge is -2.17. The Morgan fingerprint density at radius 2 is 2.00 bits per heavy atom. The molecule has 0 fully saturated rings. The zero-order valence-corrected chi connectivity index (χ0v) is 12.7. The van der Waals surface area contributed by atoms with Crippen LogP contribution in [0, 0.1) is 0 Å². The molecule has 0 heterocycles. The van der Waals surface area contributed by atoms with Crippen LogP contribution in [-0.2, 0) is 11.0 Å². The van der Waals surface area contributed by atoms with Crippen molar-refractivity contribution in [1.29, 1.82) is 0 Å². The first-order valence-corrected chi connectivity index (χ1v) is 6.86. The van der Waals surface area contributed by atoms with Crippen molar-refractivity contribution in [2.24, 2.45) is 5.73 Å². The molecule has 128 valence electrons. The third-order valence-corrected chi connectivity index (χ3v) is 2.78. The van der Waals surface area contributed by atoms with E-state index in [0.29, 0.717) is 6.42 Å². The summed E-state index contributed by atoms with van der Waals surface area (Å²) in [5, 5.41) is 4.44. The van der Waals surface area contributed by atoms with Crippen molar-refractivity contribution >= 4 is 17.6 Å². The molecule has 4 N–H and O–H groups in total. The fourth-order valence-electron chi connectivity index (χ4n) is 1.66. The molecule has 1 unspecified atom stereocenters. The third-order valence-electron chi connectivity index (χ3n) is 2.78. The lowest BCUT2D eigenvalue weighted by atomic mass is 10.1. The standard InChI is InChI=1S/C14H18F3N3O3/c1-3-6-23-11-5-4-9(14(15,16)17)7-10(11)20-12(21)8(2)19-13(18)22/h4-5,7-8H,3,6H2,1-2H3,(H,20,21)(H3,18,19,22). The van der Waals surface area contributed by atoms with Crippen LogP contribution in [-0.4, -0.2) is 24.6 Å². The number of hydrogen-bond acceptors (Lipinski definition) is 3. The highest BCUT2D eigenvalue weighted by Crippen LogP contribution is 2.35. The summed E-state index contributed by atoms with van der Waals surface area (Å²) >= 11 is 0. The van der Waals surface area contributed by atoms with Crippen LogP contribution < -0.4 is 21.1 Å². The van der Waals surface area contributed by atoms with E-state index in [2.05, 4.69) is 10.6 Å². The van der Waals surface area contributed by atoms with Gasteiger partial charge >= 0.3 is 12.2 Å². The van der Waals surface area contributed by atoms with E-state index in [1.54, 1.807) is 0 Å². The number of rotatable bonds is 6. The van der Waals surface area contributed by atoms with E-state index in [1.807, 2.05) is 6.92 Å². The van der Waals surface area contributed by atoms with E-state index in [-0.39, 0.29) is 18.0 Å². The number of carbonyl (C=O) groups excluding carboxylic acids is 2. The Balaban J connectivity index is 3.04. The number of anilines is 1. The fraction of sp³-hybridized carbons (Fsp3) is 0.429. The van der Waals surface area contributed by atoms with Crippen molar-refractivity contribution in [3.05, 3.63) is 23.8 Å². The average Bonchev–Trinajstić information content (AvgIpc) is 2.44. The number of benzene rings is 1. The molecule has 6 nitrogen and oxygen atoms in total. The minimum atomic E-state index is -4.56. The van der Waals surface area contributed by atoms with Crippen LogP contribution in [0.25, 0.3) is 0 Å². The minimum Gasteiger partial charge on any atom is -0.491 e. The molecular formula is C14H18F3N3O3. The maximum Gasteiger partial charge on any atom is 0.416 e. The first kappa shape index (κ1) is 18.6. The predicted molar refractivity (Wildman–Crippen MR) is 78.0 cm³/mol. The molecule has 3 amide bonds. The topological polar surface area (TPSA) is 93.4 Å². The molecule has 1 rings (SSSR count). The summed E-state index contributed by atoms with van der Waals surface area (Å²) in [6.07, 6.45) is -3.91. The van der Waals surface area contributed by atoms with Gasteiger partial charge in [0.1, 0.15) is 11.8 Å². The van der Waals surface area contributed by atoms with Gasteiger partial charge in [-0.2, -0.15) is 13.2 Å². The number of alkyl halides is 3. The first-order chi connectivity index (χ1) is 10.6. The maximum atomic E-state index is 12.8. The van der Waals surface area contributed by atoms with Gasteiger partial charge in [-0.1, -0.05) is 6.92 Å². The molecule has 1 atom stereocenters. The van der Waals surface area contributed by atoms with Crippen molar-refractivity contribution in [2.45, 2.75) is 32.5 Å². The number of urea groups is 1. The van der Waals surface area contributed by atoms with Gasteiger partial charge < -0.3 is 21.1 Å². The first-order valence-electron chi connectivity index (χ1n) is 6.86. The minimum absolute atomic E-state index is 0.111. The molecule has 23 heavy (non-hydrogen) atoms. The van der Waals surface area contributed by atoms with Gasteiger partial charge in [-0.15, -0.1) is 0 Å². The van der Waals surface area contributed by atoms with Crippen LogP contribution in [0.3, 0.4) is 0 Å². The summed E-state index contributed by atoms with van der Waals surface area (Å²) in [6.45, 7) is 3.46. The van der Waals surface area contributed by atoms with Gasteiger partial charge in [0.2, 0.25) is 5.91 Å². The molecule has 1 aromatic carbocycles. The Morgan fingerprint density at radius 1 is 1.35 bits per heavy atom. The van der Waals surface area contributed by atoms with E-state index < -0.39 is 29.7 Å². The molecular weight excluding hydrogens is 315 g/mol. The number of carbonyl (C=O) groups is 2. The van der Waals surface area contributed by atoms with E-state index in [1.165, 1.54) is 6.92 Å². The molecule has 0 radical (unpaired) electrons. The Kier molecular flexibility index (Phi) is 6.23. The summed E-state index contributed by atoms with van der Waals surface area (Å²) < 4.78 is 43.7. The van der Waals surface area contributed by atoms with E-state index in [4.69, 9.17) is 10.5 Å². The number of ether oxygens (including phenoxy) is 1. The van der Waals surface area contributed by atoms with Gasteiger partial charge in [-0.25, -0.2) is 4.79 Å². The van der Waals surface area contributed by atoms with Crippen LogP contribution in [0.1, 0.15) is 25.8 Å². The van der Waals surface area contributed by atoms with Gasteiger partial charge in [0.25, 0.3) is 0 Å². The highest BCUT2D eigenvalue weighted by atomic mass is 19.4. The van der Waals surface area contributed by atoms with Crippen LogP contribution in [0.5, 0.6) is 5.75 Å². The zero-order chi connectivity index (χ0) is 17.6. The molecule has 0 aliphatic carbocycles. The molecule has 0 bridgehead atoms. The van der Waals surface area contributed by atoms with Gasteiger partial charge in [0.05, 0.1) is 17.9 Å². The summed E-state index contributed by atoms with van der Waals surface area (Å²) in [5.41, 5.74) is 3.85. The molecule has 0 spiro atoms. The Morgan fingerprint density at radius 3 is 2.52 bits per heavy atom. The Labute approximate surface area is 131 Å². The third kappa shape index (κ3) is 5.68. The molecule has 0 aliphatic heterocycles. The average molecular weight is 333 g/mol. The largest absolute Gasteiger partial charge is 0.491 e. The highest BCUT2D eigenvalue weighted by Gasteiger charge is 2.31. The zero-order valence-electron chi connectivity index (χ0n) is 12.7. The second kappa shape index (κ2) is 7.70. The van der Waals surface area contributed by atoms with Crippen LogP contribution in [0.15, 0.2) is 18.2 Å². The smallest absolute Gasteiger partial charge is 0.416 e. The lowest BCUT2D eigenvalue weighted by molar-refractivity contribution is -0.137. The van der Waals surface area contributed by atoms with Crippen LogP contribution >= 0.6 is 0 Å². The monoisotopic (exact) mass is 333 g/mol. The maximum absolute atomic E-state index is 12.8. The molecule has 9 heteroatoms. The lowest BCUT2D eigenvalue weighted by Crippen LogP contribution is -2.44. The number of hydrogen-bond donors (Lipinski definition) is 3. The van der Waals surface area contributed by atoms with Crippen LogP contribution in [0.4, 0.5) is 23.7 Å². The fourth-order valence-corrected chi connectivity index (χ4v) is 1.66. The summed E-state index contributed by atoms with van der Waals surface area (Å²) in [4.78, 5) is 22.6. The summed E-state index contributed by atoms with van der Waals surface area (Å²) in [6, 6.07) is 0.853. The molecule has 0 aliphatic rings. The number of primary amides is 1. The number of halogens is 3. The quantitative estimate of drug-likeness (QED) is 0.746. The normalized spacial score (nSPS) is 12.4. The van der Waals surface area contributed by atoms with Crippen LogP contribution in [0.2, 0.25) is 0 Å². The number of amides is 3. The second-order valence-corrected chi connectivity index (χ2v) is 4.78. The summed E-state index contributed by atoms with van der Waals surface area (Å²) in [5.74, 6) is -0.607. The van der Waals surface area contributed by atoms with Gasteiger partial charge in [0, 0.05) is 0 Å². The predicted octanol–water partition coefficient (Wildman–Crippen LogP) is 2.49. The van der Waals surface area contributed by atoms with Crippen molar-refractivity contribution in [1.82, 2.24) is 5.32 Å². The van der Waals surface area contributed by atoms with E-state index in [9.17, 15) is 22.8 Å². The molecule has 0 saturated carbocycles. The summed E-state index contributed by atoms with van der Waals surface area (Å²) in [7, 11) is 0. The van der Waals surface area contributed by atoms with Crippen molar-refractivity contribution in [2.75, 3.05) is 11.9 Å². The Bertz CT molecular complexity index is 576. The van der Waals surface area contributed by atoms with Gasteiger partial charge in [-0.05, 0) is 31.5 Å². The number of nitrogens with one attached hydrogen (secondary N) is 2. The van der Waals surface area contributed by atoms with E-state index in [0.717, 1.165) is 18.2 Å². The van der Waals surface area contributed by atoms with Crippen molar-refractivity contribution in [3.63, 3.8) is 0 Å². The van der Waals surface area contributed by atoms with Gasteiger partial charge in [-0.3, -0.25) is 4.79 Å². The molecule has 0 aromatic heterocycles. The van der Waals surface area contributed by atoms with Gasteiger partial charge in [0.15, 0.2) is 0 Å². The van der Waals surface area contributed by atoms with E-state index >= 15 is 0 Å². The van der Waals surface area contributed by atoms with Crippen molar-refractivity contribution in [3.8, 4) is 5.75 Å². The Hall–Kier alpha value is -2.45. The second-order valence-electron chi connectivity index (χ2n) is 4.78. The molecule has 1 aromatic rings.